The van der Waals surface area contributed by atoms with Gasteiger partial charge in [-0.15, -0.1) is 0 Å². The summed E-state index contributed by atoms with van der Waals surface area (Å²) in [6, 6.07) is 23.4. The van der Waals surface area contributed by atoms with E-state index in [-0.39, 0.29) is 16.5 Å². The molecule has 0 aliphatic heterocycles. The van der Waals surface area contributed by atoms with E-state index >= 15 is 0 Å². The molecule has 5 nitrogen and oxygen atoms in total. The van der Waals surface area contributed by atoms with Crippen molar-refractivity contribution in [3.05, 3.63) is 109 Å². The number of fused-ring (bicyclic) bond motifs is 1. The highest BCUT2D eigenvalue weighted by Gasteiger charge is 2.19. The fourth-order valence-corrected chi connectivity index (χ4v) is 3.90. The molecule has 0 saturated heterocycles. The first-order chi connectivity index (χ1) is 15.9. The average Bonchev–Trinajstić information content (AvgIpc) is 3.19. The molecule has 0 amide bonds. The highest BCUT2D eigenvalue weighted by atomic mass is 32.2. The summed E-state index contributed by atoms with van der Waals surface area (Å²) in [6.07, 6.45) is 2.50. The van der Waals surface area contributed by atoms with E-state index in [9.17, 15) is 17.2 Å². The second-order valence-corrected chi connectivity index (χ2v) is 8.47. The van der Waals surface area contributed by atoms with E-state index in [0.717, 1.165) is 17.1 Å². The highest BCUT2D eigenvalue weighted by Crippen LogP contribution is 2.39. The highest BCUT2D eigenvalue weighted by molar-refractivity contribution is 7.85. The Morgan fingerprint density at radius 3 is 1.94 bits per heavy atom. The van der Waals surface area contributed by atoms with Gasteiger partial charge in [0.05, 0.1) is 5.69 Å². The Bertz CT molecular complexity index is 1520. The molecule has 5 aromatic rings. The Balaban J connectivity index is 0.000000219. The minimum Gasteiger partial charge on any atom is -0.354 e. The maximum atomic E-state index is 14.4. The quantitative estimate of drug-likeness (QED) is 0.316. The van der Waals surface area contributed by atoms with Crippen LogP contribution in [0.1, 0.15) is 0 Å². The van der Waals surface area contributed by atoms with Crippen molar-refractivity contribution in [3.8, 4) is 22.4 Å². The predicted octanol–water partition coefficient (Wildman–Crippen LogP) is 6.11. The number of para-hydroxylation sites is 1. The van der Waals surface area contributed by atoms with Crippen LogP contribution in [0.4, 0.5) is 8.78 Å². The van der Waals surface area contributed by atoms with E-state index in [0.29, 0.717) is 22.4 Å². The molecule has 5 rings (SSSR count). The molecule has 0 fully saturated rings. The number of halogens is 2. The first-order valence-electron chi connectivity index (χ1n) is 9.84. The molecule has 0 spiro atoms. The van der Waals surface area contributed by atoms with Gasteiger partial charge in [0.25, 0.3) is 10.1 Å². The van der Waals surface area contributed by atoms with Gasteiger partial charge in [-0.25, -0.2) is 8.78 Å². The summed E-state index contributed by atoms with van der Waals surface area (Å²) in [6.45, 7) is 0. The van der Waals surface area contributed by atoms with Gasteiger partial charge in [-0.05, 0) is 36.4 Å². The van der Waals surface area contributed by atoms with Crippen LogP contribution in [0.5, 0.6) is 0 Å². The Hall–Kier alpha value is -3.88. The summed E-state index contributed by atoms with van der Waals surface area (Å²) in [4.78, 5) is 6.57. The molecular formula is C25H18F2N2O3S. The standard InChI is InChI=1S/C20H13F2N.C5H5NO3S/c21-16-10-4-1-7-13(16)19-15-9-3-6-12-18(15)23-20(19)14-8-2-5-11-17(14)22;7-10(8,9)5-2-1-3-6-4-5/h1-12,23H;1-4H,(H,7,8,9). The van der Waals surface area contributed by atoms with Gasteiger partial charge in [-0.1, -0.05) is 48.5 Å². The second kappa shape index (κ2) is 9.32. The molecular weight excluding hydrogens is 446 g/mol. The number of H-pyrrole nitrogens is 1. The molecule has 0 atom stereocenters. The van der Waals surface area contributed by atoms with Gasteiger partial charge in [0.15, 0.2) is 0 Å². The smallest absolute Gasteiger partial charge is 0.296 e. The number of nitrogens with one attached hydrogen (secondary N) is 1. The largest absolute Gasteiger partial charge is 0.354 e. The van der Waals surface area contributed by atoms with E-state index in [2.05, 4.69) is 9.97 Å². The molecule has 0 radical (unpaired) electrons. The van der Waals surface area contributed by atoms with Crippen LogP contribution in [0.25, 0.3) is 33.3 Å². The summed E-state index contributed by atoms with van der Waals surface area (Å²) >= 11 is 0. The molecule has 0 bridgehead atoms. The zero-order chi connectivity index (χ0) is 23.4. The minimum absolute atomic E-state index is 0.185. The lowest BCUT2D eigenvalue weighted by Gasteiger charge is -2.07. The van der Waals surface area contributed by atoms with Gasteiger partial charge in [-0.2, -0.15) is 8.42 Å². The number of benzene rings is 3. The molecule has 0 aliphatic rings. The lowest BCUT2D eigenvalue weighted by molar-refractivity contribution is 0.483. The summed E-state index contributed by atoms with van der Waals surface area (Å²) in [5.74, 6) is -0.661. The third-order valence-electron chi connectivity index (χ3n) is 4.92. The lowest BCUT2D eigenvalue weighted by Crippen LogP contribution is -1.97. The molecule has 3 aromatic carbocycles. The number of aromatic nitrogens is 2. The summed E-state index contributed by atoms with van der Waals surface area (Å²) in [5.41, 5.74) is 3.02. The van der Waals surface area contributed by atoms with Crippen molar-refractivity contribution in [3.63, 3.8) is 0 Å². The number of hydrogen-bond acceptors (Lipinski definition) is 3. The Morgan fingerprint density at radius 2 is 1.36 bits per heavy atom. The van der Waals surface area contributed by atoms with E-state index in [1.54, 1.807) is 36.4 Å². The van der Waals surface area contributed by atoms with Crippen LogP contribution in [0.2, 0.25) is 0 Å². The molecule has 2 aromatic heterocycles. The normalized spacial score (nSPS) is 11.1. The molecule has 0 aliphatic carbocycles. The average molecular weight is 464 g/mol. The lowest BCUT2D eigenvalue weighted by atomic mass is 9.98. The number of nitrogens with zero attached hydrogens (tertiary/aromatic N) is 1. The molecule has 2 heterocycles. The van der Waals surface area contributed by atoms with Crippen LogP contribution < -0.4 is 0 Å². The summed E-state index contributed by atoms with van der Waals surface area (Å²) in [7, 11) is -4.07. The molecule has 166 valence electrons. The molecule has 33 heavy (non-hydrogen) atoms. The van der Waals surface area contributed by atoms with Crippen LogP contribution in [-0.2, 0) is 10.1 Å². The number of aromatic amines is 1. The van der Waals surface area contributed by atoms with Crippen LogP contribution in [0.15, 0.2) is 102 Å². The van der Waals surface area contributed by atoms with Gasteiger partial charge < -0.3 is 4.98 Å². The topological polar surface area (TPSA) is 83.0 Å². The van der Waals surface area contributed by atoms with Crippen molar-refractivity contribution in [1.82, 2.24) is 9.97 Å². The van der Waals surface area contributed by atoms with Crippen molar-refractivity contribution in [1.29, 1.82) is 0 Å². The Kier molecular flexibility index (Phi) is 6.30. The third kappa shape index (κ3) is 4.82. The van der Waals surface area contributed by atoms with Gasteiger partial charge in [-0.3, -0.25) is 9.54 Å². The number of hydrogen-bond donors (Lipinski definition) is 2. The number of rotatable bonds is 3. The fraction of sp³-hybridized carbons (Fsp3) is 0. The first kappa shape index (κ1) is 22.3. The molecule has 2 N–H and O–H groups in total. The maximum Gasteiger partial charge on any atom is 0.296 e. The van der Waals surface area contributed by atoms with E-state index in [4.69, 9.17) is 4.55 Å². The van der Waals surface area contributed by atoms with Crippen molar-refractivity contribution >= 4 is 21.0 Å². The monoisotopic (exact) mass is 464 g/mol. The zero-order valence-corrected chi connectivity index (χ0v) is 17.9. The molecule has 0 saturated carbocycles. The SMILES string of the molecule is Fc1ccccc1-c1[nH]c2ccccc2c1-c1ccccc1F.O=S(=O)(O)c1cccnc1. The van der Waals surface area contributed by atoms with Gasteiger partial charge in [0.2, 0.25) is 0 Å². The van der Waals surface area contributed by atoms with Crippen LogP contribution in [0, 0.1) is 11.6 Å². The van der Waals surface area contributed by atoms with E-state index < -0.39 is 10.1 Å². The Morgan fingerprint density at radius 1 is 0.758 bits per heavy atom. The van der Waals surface area contributed by atoms with Crippen LogP contribution >= 0.6 is 0 Å². The van der Waals surface area contributed by atoms with Crippen LogP contribution in [-0.4, -0.2) is 22.9 Å². The number of pyridine rings is 1. The van der Waals surface area contributed by atoms with Crippen molar-refractivity contribution < 1.29 is 21.8 Å². The van der Waals surface area contributed by atoms with Gasteiger partial charge in [0, 0.05) is 40.0 Å². The summed E-state index contributed by atoms with van der Waals surface area (Å²) in [5, 5.41) is 0.871. The van der Waals surface area contributed by atoms with Crippen molar-refractivity contribution in [2.45, 2.75) is 4.90 Å². The van der Waals surface area contributed by atoms with E-state index in [1.807, 2.05) is 24.3 Å². The maximum absolute atomic E-state index is 14.4. The Labute approximate surface area is 189 Å². The molecule has 0 unspecified atom stereocenters. The van der Waals surface area contributed by atoms with Gasteiger partial charge >= 0.3 is 0 Å². The summed E-state index contributed by atoms with van der Waals surface area (Å²) < 4.78 is 57.8. The fourth-order valence-electron chi connectivity index (χ4n) is 3.45. The van der Waals surface area contributed by atoms with Gasteiger partial charge in [0.1, 0.15) is 16.5 Å². The predicted molar refractivity (Wildman–Crippen MR) is 123 cm³/mol. The van der Waals surface area contributed by atoms with E-state index in [1.165, 1.54) is 30.5 Å². The third-order valence-corrected chi connectivity index (χ3v) is 5.76. The van der Waals surface area contributed by atoms with Crippen LogP contribution in [0.3, 0.4) is 0 Å². The molecule has 8 heteroatoms. The first-order valence-corrected chi connectivity index (χ1v) is 11.3. The minimum atomic E-state index is -4.07. The second-order valence-electron chi connectivity index (χ2n) is 7.04. The van der Waals surface area contributed by atoms with Crippen molar-refractivity contribution in [2.75, 3.05) is 0 Å². The zero-order valence-electron chi connectivity index (χ0n) is 17.1. The van der Waals surface area contributed by atoms with Crippen molar-refractivity contribution in [2.24, 2.45) is 0 Å².